The van der Waals surface area contributed by atoms with E-state index >= 15 is 0 Å². The molecule has 7 nitrogen and oxygen atoms in total. The van der Waals surface area contributed by atoms with Crippen LogP contribution in [-0.4, -0.2) is 32.7 Å². The Kier molecular flexibility index (Phi) is 3.96. The molecule has 0 bridgehead atoms. The normalized spacial score (nSPS) is 11.0. The number of methoxy groups -OCH3 is 1. The van der Waals surface area contributed by atoms with E-state index in [1.54, 1.807) is 4.52 Å². The predicted molar refractivity (Wildman–Crippen MR) is 98.5 cm³/mol. The fourth-order valence-electron chi connectivity index (χ4n) is 2.99. The molecule has 4 rings (SSSR count). The van der Waals surface area contributed by atoms with Crippen LogP contribution in [0.3, 0.4) is 0 Å². The van der Waals surface area contributed by atoms with Gasteiger partial charge in [-0.05, 0) is 17.9 Å². The third kappa shape index (κ3) is 2.83. The van der Waals surface area contributed by atoms with Crippen molar-refractivity contribution in [3.8, 4) is 0 Å². The van der Waals surface area contributed by atoms with E-state index in [-0.39, 0.29) is 12.4 Å². The number of hydrogen-bond acceptors (Lipinski definition) is 6. The van der Waals surface area contributed by atoms with E-state index in [4.69, 9.17) is 4.74 Å². The maximum absolute atomic E-state index is 11.9. The molecule has 2 heterocycles. The van der Waals surface area contributed by atoms with Gasteiger partial charge in [0.25, 0.3) is 5.78 Å². The van der Waals surface area contributed by atoms with Gasteiger partial charge in [0.15, 0.2) is 0 Å². The molecule has 0 aliphatic heterocycles. The number of esters is 1. The molecule has 2 aromatic heterocycles. The van der Waals surface area contributed by atoms with Gasteiger partial charge in [-0.15, -0.1) is 0 Å². The van der Waals surface area contributed by atoms with E-state index in [9.17, 15) is 4.79 Å². The summed E-state index contributed by atoms with van der Waals surface area (Å²) in [6, 6.07) is 13.8. The van der Waals surface area contributed by atoms with Crippen LogP contribution in [0.15, 0.2) is 48.8 Å². The monoisotopic (exact) mass is 347 g/mol. The minimum Gasteiger partial charge on any atom is -0.469 e. The molecule has 0 atom stereocenters. The first-order chi connectivity index (χ1) is 12.7. The van der Waals surface area contributed by atoms with Crippen LogP contribution < -0.4 is 5.32 Å². The summed E-state index contributed by atoms with van der Waals surface area (Å²) in [7, 11) is 1.39. The van der Waals surface area contributed by atoms with Gasteiger partial charge in [-0.2, -0.15) is 14.6 Å². The first-order valence-corrected chi connectivity index (χ1v) is 8.17. The van der Waals surface area contributed by atoms with Gasteiger partial charge >= 0.3 is 5.97 Å². The molecule has 0 saturated heterocycles. The number of hydrogen-bond donors (Lipinski definition) is 1. The number of carbonyl (C=O) groups excluding carboxylic acids is 1. The highest BCUT2D eigenvalue weighted by molar-refractivity contribution is 5.98. The number of ether oxygens (including phenoxy) is 1. The zero-order valence-corrected chi connectivity index (χ0v) is 14.4. The Morgan fingerprint density at radius 2 is 2.08 bits per heavy atom. The van der Waals surface area contributed by atoms with Crippen molar-refractivity contribution in [2.75, 3.05) is 12.4 Å². The Morgan fingerprint density at radius 1 is 1.23 bits per heavy atom. The highest BCUT2D eigenvalue weighted by Gasteiger charge is 2.14. The van der Waals surface area contributed by atoms with Gasteiger partial charge in [0.2, 0.25) is 0 Å². The molecule has 2 aromatic carbocycles. The second kappa shape index (κ2) is 6.44. The summed E-state index contributed by atoms with van der Waals surface area (Å²) in [4.78, 5) is 20.4. The molecule has 0 fully saturated rings. The lowest BCUT2D eigenvalue weighted by atomic mass is 10.0. The lowest BCUT2D eigenvalue weighted by Gasteiger charge is -2.15. The van der Waals surface area contributed by atoms with E-state index in [0.29, 0.717) is 5.78 Å². The first kappa shape index (κ1) is 16.0. The summed E-state index contributed by atoms with van der Waals surface area (Å²) >= 11 is 0. The van der Waals surface area contributed by atoms with Crippen molar-refractivity contribution in [3.63, 3.8) is 0 Å². The minimum absolute atomic E-state index is 0.175. The zero-order valence-electron chi connectivity index (χ0n) is 14.4. The smallest absolute Gasteiger partial charge is 0.310 e. The highest BCUT2D eigenvalue weighted by Crippen LogP contribution is 2.31. The zero-order chi connectivity index (χ0) is 18.1. The van der Waals surface area contributed by atoms with Gasteiger partial charge in [-0.3, -0.25) is 4.79 Å². The van der Waals surface area contributed by atoms with Crippen LogP contribution in [0, 0.1) is 6.92 Å². The number of anilines is 2. The Labute approximate surface area is 149 Å². The molecule has 0 unspecified atom stereocenters. The van der Waals surface area contributed by atoms with Crippen LogP contribution in [0.5, 0.6) is 0 Å². The molecule has 0 spiro atoms. The third-order valence-corrected chi connectivity index (χ3v) is 4.21. The van der Waals surface area contributed by atoms with Crippen LogP contribution in [0.2, 0.25) is 0 Å². The largest absolute Gasteiger partial charge is 0.469 e. The van der Waals surface area contributed by atoms with E-state index in [2.05, 4.69) is 20.4 Å². The van der Waals surface area contributed by atoms with Crippen molar-refractivity contribution in [3.05, 3.63) is 60.0 Å². The van der Waals surface area contributed by atoms with Crippen molar-refractivity contribution >= 4 is 34.0 Å². The minimum atomic E-state index is -0.292. The van der Waals surface area contributed by atoms with Gasteiger partial charge in [0, 0.05) is 17.1 Å². The van der Waals surface area contributed by atoms with Crippen molar-refractivity contribution < 1.29 is 9.53 Å². The molecular formula is C19H17N5O2. The summed E-state index contributed by atoms with van der Waals surface area (Å²) in [5.74, 6) is 0.954. The second-order valence-corrected chi connectivity index (χ2v) is 5.95. The molecule has 0 saturated carbocycles. The summed E-state index contributed by atoms with van der Waals surface area (Å²) in [5.41, 5.74) is 2.51. The molecule has 4 aromatic rings. The molecule has 0 amide bonds. The molecule has 1 N–H and O–H groups in total. The summed E-state index contributed by atoms with van der Waals surface area (Å²) in [5, 5.41) is 9.74. The lowest BCUT2D eigenvalue weighted by molar-refractivity contribution is -0.139. The lowest BCUT2D eigenvalue weighted by Crippen LogP contribution is -2.09. The van der Waals surface area contributed by atoms with Crippen molar-refractivity contribution in [1.29, 1.82) is 0 Å². The SMILES string of the molecule is COC(=O)Cc1ccc2ccccc2c1Nc1cc(C)nc2ncnn12. The van der Waals surface area contributed by atoms with Crippen molar-refractivity contribution in [1.82, 2.24) is 19.6 Å². The number of carbonyl (C=O) groups is 1. The average molecular weight is 347 g/mol. The van der Waals surface area contributed by atoms with Crippen LogP contribution in [0.1, 0.15) is 11.3 Å². The molecule has 26 heavy (non-hydrogen) atoms. The van der Waals surface area contributed by atoms with Gasteiger partial charge in [0.1, 0.15) is 12.1 Å². The fourth-order valence-corrected chi connectivity index (χ4v) is 2.99. The number of fused-ring (bicyclic) bond motifs is 2. The summed E-state index contributed by atoms with van der Waals surface area (Å²) < 4.78 is 6.48. The Bertz CT molecular complexity index is 1120. The third-order valence-electron chi connectivity index (χ3n) is 4.21. The predicted octanol–water partition coefficient (Wildman–Crippen LogP) is 3.05. The molecular weight excluding hydrogens is 330 g/mol. The van der Waals surface area contributed by atoms with Gasteiger partial charge in [-0.1, -0.05) is 36.4 Å². The Morgan fingerprint density at radius 3 is 2.92 bits per heavy atom. The maximum Gasteiger partial charge on any atom is 0.310 e. The molecule has 0 aliphatic carbocycles. The Balaban J connectivity index is 1.89. The number of benzene rings is 2. The number of rotatable bonds is 4. The van der Waals surface area contributed by atoms with E-state index in [0.717, 1.165) is 33.5 Å². The van der Waals surface area contributed by atoms with E-state index in [1.807, 2.05) is 49.4 Å². The summed E-state index contributed by atoms with van der Waals surface area (Å²) in [6.07, 6.45) is 1.64. The average Bonchev–Trinajstić information content (AvgIpc) is 3.11. The summed E-state index contributed by atoms with van der Waals surface area (Å²) in [6.45, 7) is 1.90. The topological polar surface area (TPSA) is 81.4 Å². The van der Waals surface area contributed by atoms with Crippen LogP contribution >= 0.6 is 0 Å². The van der Waals surface area contributed by atoms with Crippen LogP contribution in [-0.2, 0) is 16.0 Å². The quantitative estimate of drug-likeness (QED) is 0.572. The van der Waals surface area contributed by atoms with E-state index in [1.165, 1.54) is 13.4 Å². The standard InChI is InChI=1S/C19H17N5O2/c1-12-9-16(24-19(22-12)20-11-21-24)23-18-14(10-17(25)26-2)8-7-13-5-3-4-6-15(13)18/h3-9,11,23H,10H2,1-2H3. The molecule has 130 valence electrons. The van der Waals surface area contributed by atoms with Crippen LogP contribution in [0.25, 0.3) is 16.6 Å². The fraction of sp³-hybridized carbons (Fsp3) is 0.158. The van der Waals surface area contributed by atoms with Crippen molar-refractivity contribution in [2.24, 2.45) is 0 Å². The Hall–Kier alpha value is -3.48. The molecule has 0 radical (unpaired) electrons. The van der Waals surface area contributed by atoms with Crippen LogP contribution in [0.4, 0.5) is 11.5 Å². The first-order valence-electron chi connectivity index (χ1n) is 8.17. The molecule has 7 heteroatoms. The number of aryl methyl sites for hydroxylation is 1. The number of aromatic nitrogens is 4. The van der Waals surface area contributed by atoms with E-state index < -0.39 is 0 Å². The van der Waals surface area contributed by atoms with Gasteiger partial charge in [0.05, 0.1) is 19.2 Å². The number of nitrogens with one attached hydrogen (secondary N) is 1. The second-order valence-electron chi connectivity index (χ2n) is 5.95. The number of nitrogens with zero attached hydrogens (tertiary/aromatic N) is 4. The van der Waals surface area contributed by atoms with Crippen molar-refractivity contribution in [2.45, 2.75) is 13.3 Å². The van der Waals surface area contributed by atoms with Gasteiger partial charge in [-0.25, -0.2) is 4.98 Å². The molecule has 0 aliphatic rings. The van der Waals surface area contributed by atoms with Gasteiger partial charge < -0.3 is 10.1 Å². The maximum atomic E-state index is 11.9. The highest BCUT2D eigenvalue weighted by atomic mass is 16.5.